The molecule has 0 aliphatic carbocycles. The van der Waals surface area contributed by atoms with E-state index in [1.165, 1.54) is 0 Å². The van der Waals surface area contributed by atoms with E-state index in [9.17, 15) is 9.59 Å². The maximum atomic E-state index is 12.4. The molecule has 0 amide bonds. The summed E-state index contributed by atoms with van der Waals surface area (Å²) in [6, 6.07) is 7.10. The molecule has 1 atom stereocenters. The van der Waals surface area contributed by atoms with Crippen LogP contribution in [0, 0.1) is 0 Å². The lowest BCUT2D eigenvalue weighted by molar-refractivity contribution is -0.354. The van der Waals surface area contributed by atoms with Crippen LogP contribution in [0.5, 0.6) is 0 Å². The van der Waals surface area contributed by atoms with Gasteiger partial charge in [0.05, 0.1) is 17.8 Å². The molecule has 6 heteroatoms. The summed E-state index contributed by atoms with van der Waals surface area (Å²) in [5.74, 6) is -1.30. The number of ether oxygens (including phenoxy) is 2. The number of rotatable bonds is 7. The van der Waals surface area contributed by atoms with Crippen molar-refractivity contribution in [2.24, 2.45) is 0 Å². The zero-order chi connectivity index (χ0) is 20.0. The molecule has 0 aliphatic rings. The maximum Gasteiger partial charge on any atom is 0.350 e. The monoisotopic (exact) mass is 366 g/mol. The van der Waals surface area contributed by atoms with Crippen molar-refractivity contribution in [3.8, 4) is 0 Å². The summed E-state index contributed by atoms with van der Waals surface area (Å²) in [4.78, 5) is 34.6. The highest BCUT2D eigenvalue weighted by Crippen LogP contribution is 2.22. The van der Waals surface area contributed by atoms with E-state index in [1.54, 1.807) is 39.8 Å². The van der Waals surface area contributed by atoms with Gasteiger partial charge in [0.25, 0.3) is 0 Å². The number of carbonyl (C=O) groups is 2. The number of hydrogen-bond donors (Lipinski definition) is 0. The van der Waals surface area contributed by atoms with Crippen molar-refractivity contribution < 1.29 is 28.8 Å². The minimum absolute atomic E-state index is 0.0198. The summed E-state index contributed by atoms with van der Waals surface area (Å²) in [5.41, 5.74) is 0.877. The van der Waals surface area contributed by atoms with Crippen molar-refractivity contribution in [2.75, 3.05) is 13.2 Å². The van der Waals surface area contributed by atoms with Gasteiger partial charge in [-0.25, -0.2) is 19.4 Å². The Morgan fingerprint density at radius 2 is 1.58 bits per heavy atom. The molecule has 0 unspecified atom stereocenters. The normalized spacial score (nSPS) is 13.2. The van der Waals surface area contributed by atoms with Crippen LogP contribution in [0.2, 0.25) is 0 Å². The van der Waals surface area contributed by atoms with E-state index in [1.807, 2.05) is 12.1 Å². The minimum Gasteiger partial charge on any atom is -0.463 e. The number of benzene rings is 1. The predicted molar refractivity (Wildman–Crippen MR) is 97.8 cm³/mol. The first-order valence-electron chi connectivity index (χ1n) is 8.73. The fraction of sp³-hybridized carbons (Fsp3) is 0.600. The van der Waals surface area contributed by atoms with Crippen LogP contribution < -0.4 is 0 Å². The second-order valence-corrected chi connectivity index (χ2v) is 7.95. The summed E-state index contributed by atoms with van der Waals surface area (Å²) >= 11 is 0. The van der Waals surface area contributed by atoms with Gasteiger partial charge in [0.2, 0.25) is 6.10 Å². The second kappa shape index (κ2) is 9.14. The van der Waals surface area contributed by atoms with Crippen LogP contribution in [-0.4, -0.2) is 36.9 Å². The molecular weight excluding hydrogens is 336 g/mol. The van der Waals surface area contributed by atoms with Gasteiger partial charge in [-0.05, 0) is 50.8 Å². The second-order valence-electron chi connectivity index (χ2n) is 7.95. The Labute approximate surface area is 155 Å². The fourth-order valence-corrected chi connectivity index (χ4v) is 1.96. The molecule has 6 nitrogen and oxygen atoms in total. The third kappa shape index (κ3) is 7.54. The van der Waals surface area contributed by atoms with Crippen LogP contribution in [0.4, 0.5) is 0 Å². The first kappa shape index (κ1) is 22.1. The summed E-state index contributed by atoms with van der Waals surface area (Å²) in [7, 11) is 0. The van der Waals surface area contributed by atoms with E-state index in [0.29, 0.717) is 5.56 Å². The Bertz CT molecular complexity index is 592. The molecule has 0 aromatic heterocycles. The first-order chi connectivity index (χ1) is 11.9. The maximum absolute atomic E-state index is 12.4. The van der Waals surface area contributed by atoms with Gasteiger partial charge in [0.15, 0.2) is 0 Å². The first-order valence-corrected chi connectivity index (χ1v) is 8.73. The molecule has 0 fully saturated rings. The number of carbonyl (C=O) groups excluding carboxylic acids is 2. The molecule has 0 saturated heterocycles. The molecule has 0 aliphatic heterocycles. The Morgan fingerprint density at radius 1 is 1.00 bits per heavy atom. The van der Waals surface area contributed by atoms with Crippen molar-refractivity contribution in [3.63, 3.8) is 0 Å². The van der Waals surface area contributed by atoms with E-state index >= 15 is 0 Å². The van der Waals surface area contributed by atoms with Crippen molar-refractivity contribution >= 4 is 11.9 Å². The van der Waals surface area contributed by atoms with Crippen LogP contribution in [0.15, 0.2) is 24.3 Å². The molecule has 26 heavy (non-hydrogen) atoms. The van der Waals surface area contributed by atoms with Gasteiger partial charge in [-0.15, -0.1) is 0 Å². The molecular formula is C20H30O6. The molecule has 0 saturated carbocycles. The molecule has 0 radical (unpaired) electrons. The Morgan fingerprint density at radius 3 is 2.04 bits per heavy atom. The van der Waals surface area contributed by atoms with Crippen LogP contribution in [-0.2, 0) is 29.5 Å². The smallest absolute Gasteiger partial charge is 0.350 e. The predicted octanol–water partition coefficient (Wildman–Crippen LogP) is 3.82. The lowest BCUT2D eigenvalue weighted by Gasteiger charge is -2.21. The lowest BCUT2D eigenvalue weighted by Crippen LogP contribution is -2.35. The molecule has 0 bridgehead atoms. The van der Waals surface area contributed by atoms with Gasteiger partial charge in [-0.2, -0.15) is 0 Å². The summed E-state index contributed by atoms with van der Waals surface area (Å²) in [6.45, 7) is 13.3. The molecule has 0 N–H and O–H groups in total. The van der Waals surface area contributed by atoms with E-state index in [4.69, 9.17) is 19.2 Å². The van der Waals surface area contributed by atoms with E-state index in [0.717, 1.165) is 5.56 Å². The van der Waals surface area contributed by atoms with E-state index in [-0.39, 0.29) is 18.6 Å². The molecule has 1 rings (SSSR count). The Balaban J connectivity index is 2.79. The highest BCUT2D eigenvalue weighted by atomic mass is 17.2. The number of hydrogen-bond acceptors (Lipinski definition) is 6. The van der Waals surface area contributed by atoms with Crippen LogP contribution in [0.1, 0.15) is 64.4 Å². The van der Waals surface area contributed by atoms with Gasteiger partial charge < -0.3 is 9.47 Å². The zero-order valence-corrected chi connectivity index (χ0v) is 16.8. The van der Waals surface area contributed by atoms with Gasteiger partial charge in [-0.3, -0.25) is 0 Å². The van der Waals surface area contributed by atoms with Crippen LogP contribution in [0.3, 0.4) is 0 Å². The third-order valence-electron chi connectivity index (χ3n) is 3.31. The van der Waals surface area contributed by atoms with Crippen LogP contribution in [0.25, 0.3) is 0 Å². The highest BCUT2D eigenvalue weighted by molar-refractivity contribution is 5.91. The summed E-state index contributed by atoms with van der Waals surface area (Å²) < 4.78 is 10.2. The van der Waals surface area contributed by atoms with Crippen molar-refractivity contribution in [1.82, 2.24) is 0 Å². The molecule has 146 valence electrons. The standard InChI is InChI=1S/C20H30O6/c1-8-23-18(22)16(13-24-26-20(5,6)7)25-17(21)14-9-11-15(12-10-14)19(2,3)4/h9-12,16H,8,13H2,1-7H3/t16-/m1/s1. The van der Waals surface area contributed by atoms with Crippen LogP contribution >= 0.6 is 0 Å². The SMILES string of the molecule is CCOC(=O)[C@@H](COOC(C)(C)C)OC(=O)c1ccc(C(C)(C)C)cc1. The fourth-order valence-electron chi connectivity index (χ4n) is 1.96. The van der Waals surface area contributed by atoms with Gasteiger partial charge in [-0.1, -0.05) is 32.9 Å². The van der Waals surface area contributed by atoms with Gasteiger partial charge in [0.1, 0.15) is 6.61 Å². The zero-order valence-electron chi connectivity index (χ0n) is 16.8. The summed E-state index contributed by atoms with van der Waals surface area (Å²) in [5, 5.41) is 0. The Kier molecular flexibility index (Phi) is 7.78. The van der Waals surface area contributed by atoms with E-state index < -0.39 is 23.6 Å². The average molecular weight is 366 g/mol. The lowest BCUT2D eigenvalue weighted by atomic mass is 9.87. The van der Waals surface area contributed by atoms with Crippen molar-refractivity contribution in [1.29, 1.82) is 0 Å². The average Bonchev–Trinajstić information content (AvgIpc) is 2.52. The molecule has 0 heterocycles. The van der Waals surface area contributed by atoms with Crippen molar-refractivity contribution in [2.45, 2.75) is 65.6 Å². The topological polar surface area (TPSA) is 71.1 Å². The minimum atomic E-state index is -1.20. The highest BCUT2D eigenvalue weighted by Gasteiger charge is 2.27. The molecule has 0 spiro atoms. The van der Waals surface area contributed by atoms with Gasteiger partial charge in [0, 0.05) is 0 Å². The number of esters is 2. The van der Waals surface area contributed by atoms with Gasteiger partial charge >= 0.3 is 11.9 Å². The van der Waals surface area contributed by atoms with Crippen molar-refractivity contribution in [3.05, 3.63) is 35.4 Å². The Hall–Kier alpha value is -1.92. The quantitative estimate of drug-likeness (QED) is 0.415. The summed E-state index contributed by atoms with van der Waals surface area (Å²) in [6.07, 6.45) is -1.20. The largest absolute Gasteiger partial charge is 0.463 e. The van der Waals surface area contributed by atoms with E-state index in [2.05, 4.69) is 20.8 Å². The molecule has 1 aromatic carbocycles. The molecule has 1 aromatic rings. The third-order valence-corrected chi connectivity index (χ3v) is 3.31.